The van der Waals surface area contributed by atoms with Gasteiger partial charge < -0.3 is 15.7 Å². The lowest BCUT2D eigenvalue weighted by Crippen LogP contribution is -2.36. The van der Waals surface area contributed by atoms with Gasteiger partial charge in [-0.2, -0.15) is 11.8 Å². The van der Waals surface area contributed by atoms with E-state index in [4.69, 9.17) is 5.11 Å². The second kappa shape index (κ2) is 4.95. The molecule has 0 spiro atoms. The first-order valence-corrected chi connectivity index (χ1v) is 6.62. The molecule has 0 saturated carbocycles. The van der Waals surface area contributed by atoms with Gasteiger partial charge in [0.05, 0.1) is 12.1 Å². The normalized spacial score (nSPS) is 32.0. The summed E-state index contributed by atoms with van der Waals surface area (Å²) in [6.45, 7) is 0. The quantitative estimate of drug-likeness (QED) is 0.493. The number of nitrogens with one attached hydrogen (secondary N) is 2. The van der Waals surface area contributed by atoms with Gasteiger partial charge in [0.15, 0.2) is 0 Å². The van der Waals surface area contributed by atoms with Gasteiger partial charge in [-0.25, -0.2) is 4.79 Å². The second-order valence-electron chi connectivity index (χ2n) is 4.26. The van der Waals surface area contributed by atoms with Gasteiger partial charge in [0.1, 0.15) is 0 Å². The number of amides is 2. The summed E-state index contributed by atoms with van der Waals surface area (Å²) in [5.74, 6) is 0.236. The van der Waals surface area contributed by atoms with Gasteiger partial charge in [0, 0.05) is 17.4 Å². The van der Waals surface area contributed by atoms with Crippen molar-refractivity contribution in [3.05, 3.63) is 0 Å². The molecular weight excluding hydrogens is 228 g/mol. The monoisotopic (exact) mass is 244 g/mol. The molecule has 2 aliphatic heterocycles. The maximum Gasteiger partial charge on any atom is 0.315 e. The van der Waals surface area contributed by atoms with Gasteiger partial charge in [0.2, 0.25) is 0 Å². The number of carboxylic acid groups (broad SMARTS) is 1. The summed E-state index contributed by atoms with van der Waals surface area (Å²) in [4.78, 5) is 21.5. The fourth-order valence-corrected chi connectivity index (χ4v) is 3.81. The van der Waals surface area contributed by atoms with Crippen LogP contribution in [0.3, 0.4) is 0 Å². The molecule has 0 unspecified atom stereocenters. The van der Waals surface area contributed by atoms with Crippen molar-refractivity contribution in [2.75, 3.05) is 5.75 Å². The van der Waals surface area contributed by atoms with Gasteiger partial charge in [0.25, 0.3) is 0 Å². The molecule has 2 fully saturated rings. The predicted octanol–water partition coefficient (Wildman–Crippen LogP) is 0.797. The Morgan fingerprint density at radius 3 is 3.00 bits per heavy atom. The van der Waals surface area contributed by atoms with E-state index in [2.05, 4.69) is 10.6 Å². The molecular formula is C10H16N2O3S. The molecule has 3 N–H and O–H groups in total. The Morgan fingerprint density at radius 2 is 2.25 bits per heavy atom. The molecule has 2 amide bonds. The number of unbranched alkanes of at least 4 members (excludes halogenated alkanes) is 1. The van der Waals surface area contributed by atoms with E-state index in [1.165, 1.54) is 0 Å². The first-order chi connectivity index (χ1) is 7.66. The van der Waals surface area contributed by atoms with E-state index >= 15 is 0 Å². The molecule has 0 aromatic rings. The zero-order valence-corrected chi connectivity index (χ0v) is 9.76. The van der Waals surface area contributed by atoms with Crippen LogP contribution in [0.25, 0.3) is 0 Å². The molecule has 90 valence electrons. The average molecular weight is 244 g/mol. The van der Waals surface area contributed by atoms with Crippen LogP contribution in [0.5, 0.6) is 0 Å². The van der Waals surface area contributed by atoms with Crippen molar-refractivity contribution in [3.8, 4) is 0 Å². The summed E-state index contributed by atoms with van der Waals surface area (Å²) >= 11 is 1.87. The number of thioether (sulfide) groups is 1. The molecule has 0 bridgehead atoms. The summed E-state index contributed by atoms with van der Waals surface area (Å²) < 4.78 is 0. The van der Waals surface area contributed by atoms with Crippen molar-refractivity contribution >= 4 is 23.8 Å². The number of carbonyl (C=O) groups excluding carboxylic acids is 1. The van der Waals surface area contributed by atoms with Crippen LogP contribution in [0.4, 0.5) is 4.79 Å². The highest BCUT2D eigenvalue weighted by atomic mass is 32.2. The summed E-state index contributed by atoms with van der Waals surface area (Å²) in [7, 11) is 0. The number of fused-ring (bicyclic) bond motifs is 1. The van der Waals surface area contributed by atoms with Gasteiger partial charge in [-0.3, -0.25) is 4.79 Å². The maximum absolute atomic E-state index is 11.1. The number of carbonyl (C=O) groups is 2. The second-order valence-corrected chi connectivity index (χ2v) is 5.53. The summed E-state index contributed by atoms with van der Waals surface area (Å²) in [5.41, 5.74) is 0. The standard InChI is InChI=1S/C10H16N2O3S/c13-8(14)4-2-1-3-7-9-6(5-16-7)11-10(15)12-9/h6-7,9H,1-5H2,(H,13,14)(H2,11,12,15)/t6-,7+,9+/m0/s1. The van der Waals surface area contributed by atoms with Crippen LogP contribution in [0.1, 0.15) is 25.7 Å². The fourth-order valence-electron chi connectivity index (χ4n) is 2.26. The molecule has 16 heavy (non-hydrogen) atoms. The molecule has 0 radical (unpaired) electrons. The van der Waals surface area contributed by atoms with Crippen LogP contribution in [-0.4, -0.2) is 40.2 Å². The Labute approximate surface area is 98.4 Å². The van der Waals surface area contributed by atoms with Crippen molar-refractivity contribution < 1.29 is 14.7 Å². The van der Waals surface area contributed by atoms with Crippen LogP contribution in [0.2, 0.25) is 0 Å². The lowest BCUT2D eigenvalue weighted by atomic mass is 10.0. The molecule has 6 heteroatoms. The molecule has 0 aliphatic carbocycles. The zero-order chi connectivity index (χ0) is 11.5. The summed E-state index contributed by atoms with van der Waals surface area (Å²) in [6, 6.07) is 0.440. The summed E-state index contributed by atoms with van der Waals surface area (Å²) in [5, 5.41) is 14.8. The Balaban J connectivity index is 1.70. The highest BCUT2D eigenvalue weighted by molar-refractivity contribution is 8.00. The lowest BCUT2D eigenvalue weighted by Gasteiger charge is -2.16. The van der Waals surface area contributed by atoms with E-state index in [-0.39, 0.29) is 24.5 Å². The highest BCUT2D eigenvalue weighted by Gasteiger charge is 2.42. The Morgan fingerprint density at radius 1 is 1.44 bits per heavy atom. The van der Waals surface area contributed by atoms with Crippen molar-refractivity contribution in [1.29, 1.82) is 0 Å². The summed E-state index contributed by atoms with van der Waals surface area (Å²) in [6.07, 6.45) is 2.88. The number of urea groups is 1. The third kappa shape index (κ3) is 2.61. The fraction of sp³-hybridized carbons (Fsp3) is 0.800. The predicted molar refractivity (Wildman–Crippen MR) is 61.6 cm³/mol. The third-order valence-electron chi connectivity index (χ3n) is 3.07. The van der Waals surface area contributed by atoms with Crippen molar-refractivity contribution in [3.63, 3.8) is 0 Å². The van der Waals surface area contributed by atoms with Crippen LogP contribution < -0.4 is 10.6 Å². The molecule has 2 aliphatic rings. The van der Waals surface area contributed by atoms with Crippen molar-refractivity contribution in [2.45, 2.75) is 43.0 Å². The average Bonchev–Trinajstić information content (AvgIpc) is 2.72. The maximum atomic E-state index is 11.1. The lowest BCUT2D eigenvalue weighted by molar-refractivity contribution is -0.137. The van der Waals surface area contributed by atoms with Crippen LogP contribution in [0, 0.1) is 0 Å². The number of hydrogen-bond acceptors (Lipinski definition) is 3. The molecule has 2 heterocycles. The number of hydrogen-bond donors (Lipinski definition) is 3. The minimum absolute atomic E-state index is 0.0640. The van der Waals surface area contributed by atoms with Gasteiger partial charge in [-0.15, -0.1) is 0 Å². The van der Waals surface area contributed by atoms with E-state index in [1.54, 1.807) is 0 Å². The van der Waals surface area contributed by atoms with Crippen molar-refractivity contribution in [1.82, 2.24) is 10.6 Å². The molecule has 5 nitrogen and oxygen atoms in total. The minimum atomic E-state index is -0.729. The van der Waals surface area contributed by atoms with Crippen LogP contribution in [-0.2, 0) is 4.79 Å². The Bertz CT molecular complexity index is 298. The Hall–Kier alpha value is -0.910. The van der Waals surface area contributed by atoms with Crippen molar-refractivity contribution in [2.24, 2.45) is 0 Å². The first kappa shape index (κ1) is 11.6. The highest BCUT2D eigenvalue weighted by Crippen LogP contribution is 2.33. The smallest absolute Gasteiger partial charge is 0.315 e. The first-order valence-electron chi connectivity index (χ1n) is 5.57. The van der Waals surface area contributed by atoms with E-state index < -0.39 is 5.97 Å². The van der Waals surface area contributed by atoms with E-state index in [1.807, 2.05) is 11.8 Å². The van der Waals surface area contributed by atoms with Gasteiger partial charge in [-0.05, 0) is 12.8 Å². The number of aliphatic carboxylic acids is 1. The molecule has 2 saturated heterocycles. The van der Waals surface area contributed by atoms with Gasteiger partial charge >= 0.3 is 12.0 Å². The molecule has 0 aromatic carbocycles. The molecule has 0 aromatic heterocycles. The Kier molecular flexibility index (Phi) is 3.58. The van der Waals surface area contributed by atoms with Crippen LogP contribution in [0.15, 0.2) is 0 Å². The SMILES string of the molecule is O=C(O)CCCC[C@H]1SC[C@@H]2NC(=O)N[C@H]21. The van der Waals surface area contributed by atoms with Gasteiger partial charge in [-0.1, -0.05) is 6.42 Å². The van der Waals surface area contributed by atoms with E-state index in [0.717, 1.165) is 25.0 Å². The van der Waals surface area contributed by atoms with Crippen LogP contribution >= 0.6 is 11.8 Å². The van der Waals surface area contributed by atoms with E-state index in [9.17, 15) is 9.59 Å². The number of carboxylic acids is 1. The van der Waals surface area contributed by atoms with E-state index in [0.29, 0.717) is 5.25 Å². The third-order valence-corrected chi connectivity index (χ3v) is 4.58. The molecule has 2 rings (SSSR count). The minimum Gasteiger partial charge on any atom is -0.481 e. The largest absolute Gasteiger partial charge is 0.481 e. The number of rotatable bonds is 5. The topological polar surface area (TPSA) is 78.4 Å². The molecule has 3 atom stereocenters. The zero-order valence-electron chi connectivity index (χ0n) is 8.94.